The Hall–Kier alpha value is -1.26. The molecule has 0 radical (unpaired) electrons. The molecule has 0 amide bonds. The molecule has 0 saturated carbocycles. The van der Waals surface area contributed by atoms with Crippen molar-refractivity contribution < 1.29 is 19.7 Å². The van der Waals surface area contributed by atoms with Gasteiger partial charge in [-0.05, 0) is 43.0 Å². The third kappa shape index (κ3) is 8.10. The molecule has 1 aromatic rings. The van der Waals surface area contributed by atoms with E-state index in [1.165, 1.54) is 38.5 Å². The SMILES string of the molecule is COc1cc(C)c(C(O)CCCCCCCCCCCO)cc1OC. The molecular weight excluding hydrogens is 316 g/mol. The largest absolute Gasteiger partial charge is 0.493 e. The number of ether oxygens (including phenoxy) is 2. The van der Waals surface area contributed by atoms with Gasteiger partial charge in [-0.1, -0.05) is 51.4 Å². The maximum absolute atomic E-state index is 10.5. The maximum atomic E-state index is 10.5. The first-order valence-electron chi connectivity index (χ1n) is 9.65. The summed E-state index contributed by atoms with van der Waals surface area (Å²) in [5.74, 6) is 1.37. The lowest BCUT2D eigenvalue weighted by atomic mass is 9.97. The average molecular weight is 353 g/mol. The smallest absolute Gasteiger partial charge is 0.161 e. The van der Waals surface area contributed by atoms with Gasteiger partial charge in [-0.15, -0.1) is 0 Å². The van der Waals surface area contributed by atoms with Gasteiger partial charge in [-0.25, -0.2) is 0 Å². The van der Waals surface area contributed by atoms with Crippen molar-refractivity contribution in [3.05, 3.63) is 23.3 Å². The Morgan fingerprint density at radius 3 is 1.80 bits per heavy atom. The topological polar surface area (TPSA) is 58.9 Å². The van der Waals surface area contributed by atoms with Crippen molar-refractivity contribution in [2.75, 3.05) is 20.8 Å². The van der Waals surface area contributed by atoms with Gasteiger partial charge in [0.05, 0.1) is 20.3 Å². The Morgan fingerprint density at radius 1 is 0.800 bits per heavy atom. The lowest BCUT2D eigenvalue weighted by molar-refractivity contribution is 0.162. The molecule has 0 saturated heterocycles. The third-order valence-electron chi connectivity index (χ3n) is 4.77. The molecule has 1 aromatic carbocycles. The number of methoxy groups -OCH3 is 2. The van der Waals surface area contributed by atoms with E-state index in [0.717, 1.165) is 36.8 Å². The number of aliphatic hydroxyl groups is 2. The molecule has 1 atom stereocenters. The van der Waals surface area contributed by atoms with Gasteiger partial charge in [0.25, 0.3) is 0 Å². The zero-order valence-electron chi connectivity index (χ0n) is 16.2. The Labute approximate surface area is 153 Å². The van der Waals surface area contributed by atoms with Crippen molar-refractivity contribution in [3.8, 4) is 11.5 Å². The highest BCUT2D eigenvalue weighted by Gasteiger charge is 2.15. The Morgan fingerprint density at radius 2 is 1.28 bits per heavy atom. The molecule has 2 N–H and O–H groups in total. The number of unbranched alkanes of at least 4 members (excludes halogenated alkanes) is 8. The third-order valence-corrected chi connectivity index (χ3v) is 4.77. The van der Waals surface area contributed by atoms with Crippen LogP contribution < -0.4 is 9.47 Å². The maximum Gasteiger partial charge on any atom is 0.161 e. The molecule has 0 aliphatic heterocycles. The molecule has 0 aromatic heterocycles. The molecule has 0 spiro atoms. The van der Waals surface area contributed by atoms with Crippen LogP contribution in [0.3, 0.4) is 0 Å². The van der Waals surface area contributed by atoms with Crippen LogP contribution >= 0.6 is 0 Å². The van der Waals surface area contributed by atoms with Crippen LogP contribution in [0.1, 0.15) is 81.4 Å². The highest BCUT2D eigenvalue weighted by molar-refractivity contribution is 5.47. The van der Waals surface area contributed by atoms with E-state index in [1.807, 2.05) is 19.1 Å². The lowest BCUT2D eigenvalue weighted by Gasteiger charge is -2.17. The zero-order valence-corrected chi connectivity index (χ0v) is 16.2. The predicted molar refractivity (Wildman–Crippen MR) is 102 cm³/mol. The van der Waals surface area contributed by atoms with E-state index < -0.39 is 6.10 Å². The van der Waals surface area contributed by atoms with Crippen molar-refractivity contribution in [1.82, 2.24) is 0 Å². The van der Waals surface area contributed by atoms with E-state index in [4.69, 9.17) is 14.6 Å². The molecule has 0 aliphatic rings. The second kappa shape index (κ2) is 13.0. The van der Waals surface area contributed by atoms with Crippen molar-refractivity contribution in [3.63, 3.8) is 0 Å². The van der Waals surface area contributed by atoms with Crippen LogP contribution in [-0.4, -0.2) is 31.0 Å². The van der Waals surface area contributed by atoms with E-state index in [0.29, 0.717) is 18.1 Å². The van der Waals surface area contributed by atoms with Crippen LogP contribution in [-0.2, 0) is 0 Å². The van der Waals surface area contributed by atoms with Crippen LogP contribution in [0.15, 0.2) is 12.1 Å². The molecule has 25 heavy (non-hydrogen) atoms. The number of aryl methyl sites for hydroxylation is 1. The van der Waals surface area contributed by atoms with Crippen molar-refractivity contribution >= 4 is 0 Å². The number of rotatable bonds is 14. The van der Waals surface area contributed by atoms with Gasteiger partial charge in [-0.3, -0.25) is 0 Å². The summed E-state index contributed by atoms with van der Waals surface area (Å²) < 4.78 is 10.6. The van der Waals surface area contributed by atoms with E-state index in [9.17, 15) is 5.11 Å². The van der Waals surface area contributed by atoms with Gasteiger partial charge in [0, 0.05) is 6.61 Å². The summed E-state index contributed by atoms with van der Waals surface area (Å²) >= 11 is 0. The normalized spacial score (nSPS) is 12.2. The monoisotopic (exact) mass is 352 g/mol. The standard InChI is InChI=1S/C21H36O4/c1-17-15-20(24-2)21(25-3)16-18(17)19(23)13-11-9-7-5-4-6-8-10-12-14-22/h15-16,19,22-23H,4-14H2,1-3H3. The van der Waals surface area contributed by atoms with Crippen LogP contribution in [0.5, 0.6) is 11.5 Å². The first-order chi connectivity index (χ1) is 12.1. The molecule has 1 unspecified atom stereocenters. The summed E-state index contributed by atoms with van der Waals surface area (Å²) in [5.41, 5.74) is 1.97. The fourth-order valence-electron chi connectivity index (χ4n) is 3.20. The molecular formula is C21H36O4. The minimum Gasteiger partial charge on any atom is -0.493 e. The second-order valence-electron chi connectivity index (χ2n) is 6.77. The van der Waals surface area contributed by atoms with Gasteiger partial charge < -0.3 is 19.7 Å². The van der Waals surface area contributed by atoms with E-state index in [-0.39, 0.29) is 0 Å². The second-order valence-corrected chi connectivity index (χ2v) is 6.77. The molecule has 0 bridgehead atoms. The predicted octanol–water partition coefficient (Wildman–Crippen LogP) is 4.94. The van der Waals surface area contributed by atoms with E-state index in [1.54, 1.807) is 14.2 Å². The number of hydrogen-bond acceptors (Lipinski definition) is 4. The van der Waals surface area contributed by atoms with Crippen LogP contribution in [0.25, 0.3) is 0 Å². The molecule has 0 fully saturated rings. The molecule has 0 heterocycles. The molecule has 1 rings (SSSR count). The average Bonchev–Trinajstić information content (AvgIpc) is 2.62. The van der Waals surface area contributed by atoms with E-state index in [2.05, 4.69) is 0 Å². The fraction of sp³-hybridized carbons (Fsp3) is 0.714. The van der Waals surface area contributed by atoms with Gasteiger partial charge in [0.2, 0.25) is 0 Å². The number of aliphatic hydroxyl groups excluding tert-OH is 2. The van der Waals surface area contributed by atoms with Gasteiger partial charge in [0.1, 0.15) is 0 Å². The highest BCUT2D eigenvalue weighted by atomic mass is 16.5. The Balaban J connectivity index is 2.25. The summed E-state index contributed by atoms with van der Waals surface area (Å²) in [6.45, 7) is 2.32. The van der Waals surface area contributed by atoms with Gasteiger partial charge in [0.15, 0.2) is 11.5 Å². The van der Waals surface area contributed by atoms with Crippen molar-refractivity contribution in [1.29, 1.82) is 0 Å². The zero-order chi connectivity index (χ0) is 18.5. The van der Waals surface area contributed by atoms with Crippen LogP contribution in [0.2, 0.25) is 0 Å². The Bertz CT molecular complexity index is 473. The van der Waals surface area contributed by atoms with E-state index >= 15 is 0 Å². The minimum atomic E-state index is -0.446. The first-order valence-corrected chi connectivity index (χ1v) is 9.65. The lowest BCUT2D eigenvalue weighted by Crippen LogP contribution is -2.02. The molecule has 144 valence electrons. The molecule has 4 nitrogen and oxygen atoms in total. The van der Waals surface area contributed by atoms with Crippen LogP contribution in [0, 0.1) is 6.92 Å². The Kier molecular flexibility index (Phi) is 11.3. The highest BCUT2D eigenvalue weighted by Crippen LogP contribution is 2.34. The first kappa shape index (κ1) is 21.8. The number of benzene rings is 1. The summed E-state index contributed by atoms with van der Waals surface area (Å²) in [7, 11) is 3.24. The summed E-state index contributed by atoms with van der Waals surface area (Å²) in [4.78, 5) is 0. The fourth-order valence-corrected chi connectivity index (χ4v) is 3.20. The summed E-state index contributed by atoms with van der Waals surface area (Å²) in [6.07, 6.45) is 10.9. The molecule has 4 heteroatoms. The molecule has 0 aliphatic carbocycles. The minimum absolute atomic E-state index is 0.321. The summed E-state index contributed by atoms with van der Waals surface area (Å²) in [6, 6.07) is 3.82. The quantitative estimate of drug-likeness (QED) is 0.466. The van der Waals surface area contributed by atoms with Gasteiger partial charge in [-0.2, -0.15) is 0 Å². The van der Waals surface area contributed by atoms with Crippen molar-refractivity contribution in [2.45, 2.75) is 77.2 Å². The van der Waals surface area contributed by atoms with Crippen LogP contribution in [0.4, 0.5) is 0 Å². The number of hydrogen-bond donors (Lipinski definition) is 2. The summed E-state index contributed by atoms with van der Waals surface area (Å²) in [5, 5.41) is 19.2. The van der Waals surface area contributed by atoms with Gasteiger partial charge >= 0.3 is 0 Å². The van der Waals surface area contributed by atoms with Crippen molar-refractivity contribution in [2.24, 2.45) is 0 Å².